The number of hydrogen-bond donors (Lipinski definition) is 1. The monoisotopic (exact) mass is 228 g/mol. The van der Waals surface area contributed by atoms with Crippen LogP contribution in [0.4, 0.5) is 0 Å². The van der Waals surface area contributed by atoms with Gasteiger partial charge in [-0.15, -0.1) is 0 Å². The van der Waals surface area contributed by atoms with Gasteiger partial charge in [-0.05, 0) is 18.1 Å². The molecule has 0 unspecified atom stereocenters. The van der Waals surface area contributed by atoms with E-state index >= 15 is 0 Å². The molecule has 1 rings (SSSR count). The van der Waals surface area contributed by atoms with Crippen LogP contribution < -0.4 is 5.73 Å². The summed E-state index contributed by atoms with van der Waals surface area (Å²) in [6.07, 6.45) is 2.81. The summed E-state index contributed by atoms with van der Waals surface area (Å²) in [5.74, 6) is -0.598. The third kappa shape index (κ3) is 2.53. The Kier molecular flexibility index (Phi) is 3.09. The molecule has 0 aliphatic heterocycles. The second-order valence-electron chi connectivity index (χ2n) is 3.17. The Morgan fingerprint density at radius 2 is 2.13 bits per heavy atom. The maximum Gasteiger partial charge on any atom is 0.250 e. The van der Waals surface area contributed by atoms with Crippen LogP contribution in [0.1, 0.15) is 22.8 Å². The molecule has 1 amide bonds. The van der Waals surface area contributed by atoms with Crippen molar-refractivity contribution in [2.45, 2.75) is 18.4 Å². The lowest BCUT2D eigenvalue weighted by Crippen LogP contribution is -2.15. The van der Waals surface area contributed by atoms with E-state index in [1.165, 1.54) is 12.3 Å². The van der Waals surface area contributed by atoms with Gasteiger partial charge in [0.05, 0.1) is 5.56 Å². The molecule has 0 aliphatic rings. The number of carbonyl (C=O) groups excluding carboxylic acids is 1. The van der Waals surface area contributed by atoms with Crippen molar-refractivity contribution in [3.05, 3.63) is 23.4 Å². The van der Waals surface area contributed by atoms with Crippen LogP contribution in [0.15, 0.2) is 17.3 Å². The first-order valence-electron chi connectivity index (χ1n) is 4.35. The van der Waals surface area contributed by atoms with Crippen molar-refractivity contribution < 1.29 is 13.2 Å². The summed E-state index contributed by atoms with van der Waals surface area (Å²) in [4.78, 5) is 14.7. The van der Waals surface area contributed by atoms with Crippen LogP contribution in [-0.2, 0) is 16.3 Å². The SMILES string of the molecule is CCc1cc(S(C)(=O)=O)ncc1C(N)=O. The minimum atomic E-state index is -3.34. The van der Waals surface area contributed by atoms with Gasteiger partial charge in [-0.25, -0.2) is 13.4 Å². The number of aryl methyl sites for hydroxylation is 1. The molecular formula is C9H12N2O3S. The fourth-order valence-electron chi connectivity index (χ4n) is 1.19. The van der Waals surface area contributed by atoms with E-state index in [0.29, 0.717) is 12.0 Å². The molecule has 0 saturated carbocycles. The molecule has 0 aliphatic carbocycles. The fourth-order valence-corrected chi connectivity index (χ4v) is 1.79. The first-order chi connectivity index (χ1) is 6.86. The summed E-state index contributed by atoms with van der Waals surface area (Å²) >= 11 is 0. The highest BCUT2D eigenvalue weighted by atomic mass is 32.2. The lowest BCUT2D eigenvalue weighted by molar-refractivity contribution is 0.0999. The molecule has 1 heterocycles. The van der Waals surface area contributed by atoms with Crippen LogP contribution in [0.25, 0.3) is 0 Å². The van der Waals surface area contributed by atoms with Gasteiger partial charge in [0.15, 0.2) is 14.9 Å². The fraction of sp³-hybridized carbons (Fsp3) is 0.333. The van der Waals surface area contributed by atoms with Crippen LogP contribution >= 0.6 is 0 Å². The Bertz CT molecular complexity index is 494. The number of primary amides is 1. The quantitative estimate of drug-likeness (QED) is 0.797. The molecule has 0 saturated heterocycles. The summed E-state index contributed by atoms with van der Waals surface area (Å²) in [7, 11) is -3.34. The van der Waals surface area contributed by atoms with Crippen LogP contribution in [0.5, 0.6) is 0 Å². The van der Waals surface area contributed by atoms with E-state index in [9.17, 15) is 13.2 Å². The van der Waals surface area contributed by atoms with Crippen molar-refractivity contribution in [3.63, 3.8) is 0 Å². The minimum absolute atomic E-state index is 0.0376. The summed E-state index contributed by atoms with van der Waals surface area (Å²) in [5.41, 5.74) is 5.98. The maximum absolute atomic E-state index is 11.2. The second kappa shape index (κ2) is 3.98. The summed E-state index contributed by atoms with van der Waals surface area (Å²) < 4.78 is 22.4. The van der Waals surface area contributed by atoms with Crippen molar-refractivity contribution >= 4 is 15.7 Å². The first-order valence-corrected chi connectivity index (χ1v) is 6.24. The second-order valence-corrected chi connectivity index (χ2v) is 5.13. The number of pyridine rings is 1. The Morgan fingerprint density at radius 3 is 2.53 bits per heavy atom. The van der Waals surface area contributed by atoms with Gasteiger partial charge in [0.1, 0.15) is 0 Å². The maximum atomic E-state index is 11.2. The molecule has 0 spiro atoms. The van der Waals surface area contributed by atoms with Crippen molar-refractivity contribution in [1.29, 1.82) is 0 Å². The van der Waals surface area contributed by atoms with E-state index in [1.807, 2.05) is 6.92 Å². The molecule has 0 atom stereocenters. The van der Waals surface area contributed by atoms with Crippen LogP contribution in [-0.4, -0.2) is 25.6 Å². The van der Waals surface area contributed by atoms with Crippen molar-refractivity contribution in [2.75, 3.05) is 6.26 Å². The lowest BCUT2D eigenvalue weighted by Gasteiger charge is -2.05. The number of nitrogens with zero attached hydrogens (tertiary/aromatic N) is 1. The average Bonchev–Trinajstić information content (AvgIpc) is 2.15. The van der Waals surface area contributed by atoms with Gasteiger partial charge in [-0.2, -0.15) is 0 Å². The molecule has 0 radical (unpaired) electrons. The highest BCUT2D eigenvalue weighted by Crippen LogP contribution is 2.13. The lowest BCUT2D eigenvalue weighted by atomic mass is 10.1. The van der Waals surface area contributed by atoms with Gasteiger partial charge in [0.25, 0.3) is 5.91 Å². The average molecular weight is 228 g/mol. The van der Waals surface area contributed by atoms with Crippen molar-refractivity contribution in [3.8, 4) is 0 Å². The van der Waals surface area contributed by atoms with Gasteiger partial charge in [-0.1, -0.05) is 6.92 Å². The molecule has 1 aromatic heterocycles. The molecule has 5 nitrogen and oxygen atoms in total. The third-order valence-electron chi connectivity index (χ3n) is 1.99. The Labute approximate surface area is 88.2 Å². The van der Waals surface area contributed by atoms with Gasteiger partial charge in [0.2, 0.25) is 0 Å². The number of hydrogen-bond acceptors (Lipinski definition) is 4. The van der Waals surface area contributed by atoms with Gasteiger partial charge in [0, 0.05) is 12.5 Å². The molecule has 15 heavy (non-hydrogen) atoms. The van der Waals surface area contributed by atoms with Crippen LogP contribution in [0.3, 0.4) is 0 Å². The number of sulfone groups is 1. The van der Waals surface area contributed by atoms with Crippen LogP contribution in [0.2, 0.25) is 0 Å². The molecule has 0 aromatic carbocycles. The number of carbonyl (C=O) groups is 1. The summed E-state index contributed by atoms with van der Waals surface area (Å²) in [6, 6.07) is 1.38. The van der Waals surface area contributed by atoms with Gasteiger partial charge in [-0.3, -0.25) is 4.79 Å². The largest absolute Gasteiger partial charge is 0.366 e. The van der Waals surface area contributed by atoms with Gasteiger partial charge >= 0.3 is 0 Å². The highest BCUT2D eigenvalue weighted by molar-refractivity contribution is 7.90. The van der Waals surface area contributed by atoms with Crippen LogP contribution in [0, 0.1) is 0 Å². The van der Waals surface area contributed by atoms with E-state index in [0.717, 1.165) is 6.26 Å². The predicted octanol–water partition coefficient (Wildman–Crippen LogP) is 0.146. The van der Waals surface area contributed by atoms with E-state index in [4.69, 9.17) is 5.73 Å². The molecule has 0 bridgehead atoms. The third-order valence-corrected chi connectivity index (χ3v) is 2.97. The van der Waals surface area contributed by atoms with Crippen molar-refractivity contribution in [2.24, 2.45) is 5.73 Å². The highest BCUT2D eigenvalue weighted by Gasteiger charge is 2.14. The Balaban J connectivity index is 3.38. The molecule has 2 N–H and O–H groups in total. The molecular weight excluding hydrogens is 216 g/mol. The zero-order valence-electron chi connectivity index (χ0n) is 8.52. The Morgan fingerprint density at radius 1 is 1.53 bits per heavy atom. The first kappa shape index (κ1) is 11.6. The molecule has 6 heteroatoms. The van der Waals surface area contributed by atoms with E-state index in [-0.39, 0.29) is 10.6 Å². The number of aromatic nitrogens is 1. The van der Waals surface area contributed by atoms with E-state index in [1.54, 1.807) is 0 Å². The minimum Gasteiger partial charge on any atom is -0.366 e. The number of nitrogens with two attached hydrogens (primary N) is 1. The van der Waals surface area contributed by atoms with E-state index in [2.05, 4.69) is 4.98 Å². The van der Waals surface area contributed by atoms with E-state index < -0.39 is 15.7 Å². The summed E-state index contributed by atoms with van der Waals surface area (Å²) in [5, 5.41) is -0.0376. The zero-order valence-corrected chi connectivity index (χ0v) is 9.34. The number of amides is 1. The normalized spacial score (nSPS) is 11.3. The molecule has 0 fully saturated rings. The molecule has 82 valence electrons. The Hall–Kier alpha value is -1.43. The molecule has 1 aromatic rings. The topological polar surface area (TPSA) is 90.1 Å². The standard InChI is InChI=1S/C9H12N2O3S/c1-3-6-4-8(15(2,13)14)11-5-7(6)9(10)12/h4-5H,3H2,1-2H3,(H2,10,12). The van der Waals surface area contributed by atoms with Crippen molar-refractivity contribution in [1.82, 2.24) is 4.98 Å². The summed E-state index contributed by atoms with van der Waals surface area (Å²) in [6.45, 7) is 1.81. The predicted molar refractivity (Wildman–Crippen MR) is 55.2 cm³/mol. The number of rotatable bonds is 3. The zero-order chi connectivity index (χ0) is 11.6. The van der Waals surface area contributed by atoms with Gasteiger partial charge < -0.3 is 5.73 Å². The smallest absolute Gasteiger partial charge is 0.250 e.